The van der Waals surface area contributed by atoms with Gasteiger partial charge in [0.1, 0.15) is 0 Å². The molecule has 1 aliphatic carbocycles. The topological polar surface area (TPSA) is 155 Å². The molecule has 1 saturated heterocycles. The number of piperidine rings is 1. The lowest BCUT2D eigenvalue weighted by atomic mass is 9.73. The molecule has 2 fully saturated rings. The second kappa shape index (κ2) is 16.4. The summed E-state index contributed by atoms with van der Waals surface area (Å²) in [6.07, 6.45) is 12.8. The number of nitrogens with zero attached hydrogens (tertiary/aromatic N) is 2. The van der Waals surface area contributed by atoms with Crippen LogP contribution in [0, 0.1) is 0 Å². The second-order valence-corrected chi connectivity index (χ2v) is 11.5. The first-order valence-corrected chi connectivity index (χ1v) is 15.1. The summed E-state index contributed by atoms with van der Waals surface area (Å²) in [4.78, 5) is 44.0. The zero-order valence-electron chi connectivity index (χ0n) is 23.6. The van der Waals surface area contributed by atoms with E-state index in [1.165, 1.54) is 6.42 Å². The molecule has 11 heteroatoms. The van der Waals surface area contributed by atoms with Gasteiger partial charge in [-0.2, -0.15) is 0 Å². The van der Waals surface area contributed by atoms with Gasteiger partial charge in [0.2, 0.25) is 5.91 Å². The molecule has 0 aromatic heterocycles. The lowest BCUT2D eigenvalue weighted by Gasteiger charge is -2.52. The van der Waals surface area contributed by atoms with Crippen molar-refractivity contribution in [2.24, 2.45) is 16.5 Å². The first-order chi connectivity index (χ1) is 19.3. The van der Waals surface area contributed by atoms with Gasteiger partial charge in [-0.1, -0.05) is 50.1 Å². The molecular formula is C29H46ClN7O3. The molecule has 10 nitrogen and oxygen atoms in total. The average Bonchev–Trinajstić information content (AvgIpc) is 2.93. The number of amides is 3. The maximum absolute atomic E-state index is 12.7. The van der Waals surface area contributed by atoms with E-state index in [9.17, 15) is 14.4 Å². The largest absolute Gasteiger partial charge is 0.370 e. The van der Waals surface area contributed by atoms with Crippen molar-refractivity contribution in [2.45, 2.75) is 95.1 Å². The second-order valence-electron chi connectivity index (χ2n) is 11.1. The van der Waals surface area contributed by atoms with E-state index in [4.69, 9.17) is 23.1 Å². The molecule has 1 unspecified atom stereocenters. The third-order valence-electron chi connectivity index (χ3n) is 8.03. The van der Waals surface area contributed by atoms with E-state index in [1.807, 2.05) is 0 Å². The number of aliphatic imine (C=N–C) groups is 1. The number of nitrogens with one attached hydrogen (secondary N) is 3. The Morgan fingerprint density at radius 2 is 1.68 bits per heavy atom. The van der Waals surface area contributed by atoms with Gasteiger partial charge in [0, 0.05) is 54.9 Å². The van der Waals surface area contributed by atoms with Crippen LogP contribution in [0.3, 0.4) is 0 Å². The van der Waals surface area contributed by atoms with Crippen LogP contribution in [0.5, 0.6) is 0 Å². The van der Waals surface area contributed by atoms with Gasteiger partial charge in [-0.05, 0) is 62.8 Å². The normalized spacial score (nSPS) is 18.6. The Labute approximate surface area is 243 Å². The number of hydrogen-bond donors (Lipinski definition) is 5. The summed E-state index contributed by atoms with van der Waals surface area (Å²) >= 11 is 5.89. The summed E-state index contributed by atoms with van der Waals surface area (Å²) in [7, 11) is 0. The van der Waals surface area contributed by atoms with Crippen molar-refractivity contribution in [2.75, 3.05) is 31.5 Å². The number of rotatable bonds is 13. The molecule has 1 saturated carbocycles. The molecule has 222 valence electrons. The van der Waals surface area contributed by atoms with E-state index in [1.54, 1.807) is 24.3 Å². The summed E-state index contributed by atoms with van der Waals surface area (Å²) in [5.74, 6) is -1.04. The SMILES string of the molecule is NC(N)=NCCCCCCCC(=O)NCCN1CCC(NC(=O)C(=O)Nc2ccc(Cl)cc2)CC12CCCCC2. The van der Waals surface area contributed by atoms with Crippen LogP contribution in [0.4, 0.5) is 5.69 Å². The summed E-state index contributed by atoms with van der Waals surface area (Å²) in [6, 6.07) is 6.62. The Morgan fingerprint density at radius 1 is 0.975 bits per heavy atom. The number of carbonyl (C=O) groups excluding carboxylic acids is 3. The summed E-state index contributed by atoms with van der Waals surface area (Å²) in [5, 5.41) is 9.28. The van der Waals surface area contributed by atoms with Gasteiger partial charge >= 0.3 is 11.8 Å². The fraction of sp³-hybridized carbons (Fsp3) is 0.655. The van der Waals surface area contributed by atoms with Crippen molar-refractivity contribution in [3.63, 3.8) is 0 Å². The van der Waals surface area contributed by atoms with Gasteiger partial charge in [-0.3, -0.25) is 24.3 Å². The molecule has 1 atom stereocenters. The van der Waals surface area contributed by atoms with E-state index in [0.29, 0.717) is 30.2 Å². The number of benzene rings is 1. The zero-order valence-corrected chi connectivity index (χ0v) is 24.3. The van der Waals surface area contributed by atoms with Gasteiger partial charge in [-0.25, -0.2) is 0 Å². The average molecular weight is 576 g/mol. The fourth-order valence-electron chi connectivity index (χ4n) is 5.97. The minimum absolute atomic E-state index is 0.00441. The van der Waals surface area contributed by atoms with Gasteiger partial charge in [0.25, 0.3) is 0 Å². The number of guanidine groups is 1. The Balaban J connectivity index is 1.38. The van der Waals surface area contributed by atoms with Gasteiger partial charge < -0.3 is 27.4 Å². The Kier molecular flexibility index (Phi) is 13.0. The number of unbranched alkanes of at least 4 members (excludes halogenated alkanes) is 4. The Bertz CT molecular complexity index is 992. The third-order valence-corrected chi connectivity index (χ3v) is 8.28. The lowest BCUT2D eigenvalue weighted by Crippen LogP contribution is -2.60. The molecule has 2 aliphatic rings. The van der Waals surface area contributed by atoms with Crippen LogP contribution < -0.4 is 27.4 Å². The number of nitrogens with two attached hydrogens (primary N) is 2. The minimum Gasteiger partial charge on any atom is -0.370 e. The summed E-state index contributed by atoms with van der Waals surface area (Å²) in [5.41, 5.74) is 11.2. The molecular weight excluding hydrogens is 530 g/mol. The maximum atomic E-state index is 12.7. The van der Waals surface area contributed by atoms with Crippen LogP contribution in [0.2, 0.25) is 5.02 Å². The van der Waals surface area contributed by atoms with Crippen molar-refractivity contribution < 1.29 is 14.4 Å². The fourth-order valence-corrected chi connectivity index (χ4v) is 6.09. The molecule has 1 spiro atoms. The molecule has 40 heavy (non-hydrogen) atoms. The third kappa shape index (κ3) is 10.6. The van der Waals surface area contributed by atoms with Gasteiger partial charge in [0.05, 0.1) is 0 Å². The van der Waals surface area contributed by atoms with Crippen LogP contribution in [-0.2, 0) is 14.4 Å². The number of carbonyl (C=O) groups is 3. The van der Waals surface area contributed by atoms with Gasteiger partial charge in [-0.15, -0.1) is 0 Å². The van der Waals surface area contributed by atoms with Crippen molar-refractivity contribution in [3.05, 3.63) is 29.3 Å². The number of likely N-dealkylation sites (tertiary alicyclic amines) is 1. The molecule has 7 N–H and O–H groups in total. The molecule has 3 rings (SSSR count). The smallest absolute Gasteiger partial charge is 0.313 e. The van der Waals surface area contributed by atoms with Crippen molar-refractivity contribution in [1.29, 1.82) is 0 Å². The molecule has 1 heterocycles. The van der Waals surface area contributed by atoms with Crippen LogP contribution >= 0.6 is 11.6 Å². The number of hydrogen-bond acceptors (Lipinski definition) is 5. The molecule has 0 radical (unpaired) electrons. The van der Waals surface area contributed by atoms with Crippen LogP contribution in [0.25, 0.3) is 0 Å². The van der Waals surface area contributed by atoms with Gasteiger partial charge in [0.15, 0.2) is 5.96 Å². The molecule has 1 aromatic carbocycles. The zero-order chi connectivity index (χ0) is 28.8. The summed E-state index contributed by atoms with van der Waals surface area (Å²) < 4.78 is 0. The van der Waals surface area contributed by atoms with E-state index in [-0.39, 0.29) is 23.4 Å². The number of anilines is 1. The van der Waals surface area contributed by atoms with E-state index in [2.05, 4.69) is 25.8 Å². The standard InChI is InChI=1S/C29H46ClN7O3/c30-22-10-12-23(13-11-22)35-26(39)27(40)36-24-14-19-37(29(21-24)15-6-4-7-16-29)20-18-33-25(38)9-5-2-1-3-8-17-34-28(31)32/h10-13,24H,1-9,14-21H2,(H,33,38)(H,35,39)(H,36,40)(H4,31,32,34). The monoisotopic (exact) mass is 575 g/mol. The molecule has 0 bridgehead atoms. The van der Waals surface area contributed by atoms with Crippen molar-refractivity contribution in [3.8, 4) is 0 Å². The molecule has 1 aromatic rings. The van der Waals surface area contributed by atoms with E-state index >= 15 is 0 Å². The highest BCUT2D eigenvalue weighted by Gasteiger charge is 2.43. The Hall–Kier alpha value is -2.85. The molecule has 1 aliphatic heterocycles. The maximum Gasteiger partial charge on any atom is 0.313 e. The highest BCUT2D eigenvalue weighted by Crippen LogP contribution is 2.40. The quantitative estimate of drug-likeness (QED) is 0.105. The highest BCUT2D eigenvalue weighted by molar-refractivity contribution is 6.39. The number of halogens is 1. The lowest BCUT2D eigenvalue weighted by molar-refractivity contribution is -0.137. The predicted molar refractivity (Wildman–Crippen MR) is 160 cm³/mol. The predicted octanol–water partition coefficient (Wildman–Crippen LogP) is 3.29. The first kappa shape index (κ1) is 31.7. The molecule has 3 amide bonds. The van der Waals surface area contributed by atoms with Crippen molar-refractivity contribution >= 4 is 41.0 Å². The summed E-state index contributed by atoms with van der Waals surface area (Å²) in [6.45, 7) is 2.92. The van der Waals surface area contributed by atoms with E-state index < -0.39 is 11.8 Å². The Morgan fingerprint density at radius 3 is 2.40 bits per heavy atom. The first-order valence-electron chi connectivity index (χ1n) is 14.7. The van der Waals surface area contributed by atoms with Crippen LogP contribution in [0.15, 0.2) is 29.3 Å². The minimum atomic E-state index is -0.670. The van der Waals surface area contributed by atoms with Crippen molar-refractivity contribution in [1.82, 2.24) is 15.5 Å². The van der Waals surface area contributed by atoms with Crippen LogP contribution in [-0.4, -0.2) is 66.3 Å². The van der Waals surface area contributed by atoms with E-state index in [0.717, 1.165) is 83.7 Å². The highest BCUT2D eigenvalue weighted by atomic mass is 35.5. The van der Waals surface area contributed by atoms with Crippen LogP contribution in [0.1, 0.15) is 83.5 Å².